The van der Waals surface area contributed by atoms with Crippen molar-refractivity contribution in [2.24, 2.45) is 0 Å². The molecule has 94 valence electrons. The first-order valence-corrected chi connectivity index (χ1v) is 6.56. The van der Waals surface area contributed by atoms with E-state index in [1.165, 1.54) is 11.3 Å². The number of aryl methyl sites for hydroxylation is 1. The summed E-state index contributed by atoms with van der Waals surface area (Å²) in [5, 5.41) is 3.07. The first kappa shape index (κ1) is 12.5. The molecule has 0 radical (unpaired) electrons. The quantitative estimate of drug-likeness (QED) is 0.855. The number of ether oxygens (including phenoxy) is 1. The molecule has 1 unspecified atom stereocenters. The van der Waals surface area contributed by atoms with Gasteiger partial charge in [0.25, 0.3) is 5.91 Å². The number of carbonyl (C=O) groups excluding carboxylic acids is 1. The average Bonchev–Trinajstić information content (AvgIpc) is 2.75. The second-order valence-electron chi connectivity index (χ2n) is 4.07. The zero-order valence-corrected chi connectivity index (χ0v) is 10.9. The van der Waals surface area contributed by atoms with Crippen molar-refractivity contribution in [1.82, 2.24) is 15.2 Å². The summed E-state index contributed by atoms with van der Waals surface area (Å²) >= 11 is 1.41. The molecule has 1 saturated heterocycles. The molecular formula is C11H17N3O2S. The molecule has 1 aromatic rings. The second kappa shape index (κ2) is 5.57. The van der Waals surface area contributed by atoms with Gasteiger partial charge in [0.1, 0.15) is 4.88 Å². The highest BCUT2D eigenvalue weighted by Crippen LogP contribution is 2.17. The van der Waals surface area contributed by atoms with E-state index in [0.29, 0.717) is 19.7 Å². The van der Waals surface area contributed by atoms with Crippen LogP contribution in [0.15, 0.2) is 5.51 Å². The fourth-order valence-electron chi connectivity index (χ4n) is 1.91. The minimum atomic E-state index is 0.0782. The van der Waals surface area contributed by atoms with Crippen LogP contribution in [0.25, 0.3) is 0 Å². The Bertz CT molecular complexity index is 392. The van der Waals surface area contributed by atoms with Gasteiger partial charge in [0.05, 0.1) is 23.9 Å². The third-order valence-corrected chi connectivity index (χ3v) is 3.71. The van der Waals surface area contributed by atoms with Crippen LogP contribution in [0, 0.1) is 6.92 Å². The van der Waals surface area contributed by atoms with E-state index in [1.54, 1.807) is 5.51 Å². The lowest BCUT2D eigenvalue weighted by molar-refractivity contribution is -0.0194. The number of hydrogen-bond acceptors (Lipinski definition) is 5. The lowest BCUT2D eigenvalue weighted by atomic mass is 10.2. The van der Waals surface area contributed by atoms with Gasteiger partial charge in [-0.05, 0) is 14.0 Å². The van der Waals surface area contributed by atoms with E-state index >= 15 is 0 Å². The van der Waals surface area contributed by atoms with Gasteiger partial charge < -0.3 is 15.0 Å². The Morgan fingerprint density at radius 1 is 1.76 bits per heavy atom. The monoisotopic (exact) mass is 255 g/mol. The van der Waals surface area contributed by atoms with Gasteiger partial charge in [0.15, 0.2) is 0 Å². The molecule has 2 rings (SSSR count). The predicted octanol–water partition coefficient (Wildman–Crippen LogP) is 0.512. The Labute approximate surface area is 105 Å². The lowest BCUT2D eigenvalue weighted by Crippen LogP contribution is -2.48. The number of morpholine rings is 1. The van der Waals surface area contributed by atoms with Crippen molar-refractivity contribution in [3.05, 3.63) is 16.1 Å². The lowest BCUT2D eigenvalue weighted by Gasteiger charge is -2.32. The molecule has 17 heavy (non-hydrogen) atoms. The maximum atomic E-state index is 12.3. The molecule has 5 nitrogen and oxygen atoms in total. The number of nitrogens with zero attached hydrogens (tertiary/aromatic N) is 2. The van der Waals surface area contributed by atoms with Gasteiger partial charge in [0.2, 0.25) is 0 Å². The molecule has 2 heterocycles. The summed E-state index contributed by atoms with van der Waals surface area (Å²) in [6, 6.07) is 0. The Kier molecular flexibility index (Phi) is 4.09. The third-order valence-electron chi connectivity index (χ3n) is 2.80. The van der Waals surface area contributed by atoms with Crippen LogP contribution in [0.2, 0.25) is 0 Å². The zero-order valence-electron chi connectivity index (χ0n) is 10.1. The van der Waals surface area contributed by atoms with Crippen molar-refractivity contribution >= 4 is 17.2 Å². The molecule has 0 bridgehead atoms. The van der Waals surface area contributed by atoms with Crippen molar-refractivity contribution in [2.45, 2.75) is 13.0 Å². The molecule has 1 amide bonds. The zero-order chi connectivity index (χ0) is 12.3. The number of amides is 1. The molecule has 1 N–H and O–H groups in total. The highest BCUT2D eigenvalue weighted by Gasteiger charge is 2.26. The van der Waals surface area contributed by atoms with Crippen molar-refractivity contribution in [2.75, 3.05) is 33.3 Å². The van der Waals surface area contributed by atoms with E-state index < -0.39 is 0 Å². The number of likely N-dealkylation sites (N-methyl/N-ethyl adjacent to an activating group) is 1. The minimum Gasteiger partial charge on any atom is -0.373 e. The molecule has 1 atom stereocenters. The Morgan fingerprint density at radius 2 is 2.59 bits per heavy atom. The Morgan fingerprint density at radius 3 is 3.24 bits per heavy atom. The minimum absolute atomic E-state index is 0.0782. The first-order valence-electron chi connectivity index (χ1n) is 5.68. The maximum absolute atomic E-state index is 12.3. The second-order valence-corrected chi connectivity index (χ2v) is 4.92. The molecule has 1 aliphatic heterocycles. The molecule has 6 heteroatoms. The number of aromatic nitrogens is 1. The van der Waals surface area contributed by atoms with E-state index in [1.807, 2.05) is 18.9 Å². The third kappa shape index (κ3) is 2.83. The maximum Gasteiger partial charge on any atom is 0.266 e. The van der Waals surface area contributed by atoms with E-state index in [4.69, 9.17) is 4.74 Å². The molecule has 0 aliphatic carbocycles. The average molecular weight is 255 g/mol. The highest BCUT2D eigenvalue weighted by molar-refractivity contribution is 7.11. The van der Waals surface area contributed by atoms with Crippen molar-refractivity contribution in [3.8, 4) is 0 Å². The molecule has 1 fully saturated rings. The van der Waals surface area contributed by atoms with Crippen LogP contribution in [0.4, 0.5) is 0 Å². The topological polar surface area (TPSA) is 54.5 Å². The summed E-state index contributed by atoms with van der Waals surface area (Å²) in [4.78, 5) is 19.0. The molecule has 0 saturated carbocycles. The van der Waals surface area contributed by atoms with Crippen molar-refractivity contribution < 1.29 is 9.53 Å². The van der Waals surface area contributed by atoms with Crippen molar-refractivity contribution in [3.63, 3.8) is 0 Å². The van der Waals surface area contributed by atoms with Crippen LogP contribution in [-0.4, -0.2) is 55.2 Å². The molecule has 0 aromatic carbocycles. The van der Waals surface area contributed by atoms with Crippen LogP contribution in [0.5, 0.6) is 0 Å². The van der Waals surface area contributed by atoms with Gasteiger partial charge in [-0.3, -0.25) is 4.79 Å². The molecule has 1 aliphatic rings. The van der Waals surface area contributed by atoms with Gasteiger partial charge in [0, 0.05) is 19.6 Å². The smallest absolute Gasteiger partial charge is 0.266 e. The molecule has 1 aromatic heterocycles. The van der Waals surface area contributed by atoms with Crippen LogP contribution >= 0.6 is 11.3 Å². The number of rotatable bonds is 3. The Hall–Kier alpha value is -0.980. The SMILES string of the molecule is CNCC1CN(C(=O)c2scnc2C)CCO1. The van der Waals surface area contributed by atoms with Gasteiger partial charge in [-0.2, -0.15) is 0 Å². The summed E-state index contributed by atoms with van der Waals surface area (Å²) in [5.41, 5.74) is 2.53. The van der Waals surface area contributed by atoms with Gasteiger partial charge in [-0.25, -0.2) is 4.98 Å². The molecule has 0 spiro atoms. The fraction of sp³-hybridized carbons (Fsp3) is 0.636. The number of carbonyl (C=O) groups is 1. The van der Waals surface area contributed by atoms with Crippen molar-refractivity contribution in [1.29, 1.82) is 0 Å². The van der Waals surface area contributed by atoms with E-state index in [-0.39, 0.29) is 12.0 Å². The van der Waals surface area contributed by atoms with Gasteiger partial charge >= 0.3 is 0 Å². The van der Waals surface area contributed by atoms with Gasteiger partial charge in [-0.1, -0.05) is 0 Å². The number of thiazole rings is 1. The first-order chi connectivity index (χ1) is 8.22. The van der Waals surface area contributed by atoms with E-state index in [0.717, 1.165) is 17.1 Å². The van der Waals surface area contributed by atoms with Crippen LogP contribution < -0.4 is 5.32 Å². The standard InChI is InChI=1S/C11H17N3O2S/c1-8-10(17-7-13-8)11(15)14-3-4-16-9(6-14)5-12-2/h7,9,12H,3-6H2,1-2H3. The molecular weight excluding hydrogens is 238 g/mol. The Balaban J connectivity index is 2.02. The predicted molar refractivity (Wildman–Crippen MR) is 66.4 cm³/mol. The number of nitrogens with one attached hydrogen (secondary N) is 1. The number of hydrogen-bond donors (Lipinski definition) is 1. The summed E-state index contributed by atoms with van der Waals surface area (Å²) in [7, 11) is 1.89. The normalized spacial score (nSPS) is 20.6. The highest BCUT2D eigenvalue weighted by atomic mass is 32.1. The summed E-state index contributed by atoms with van der Waals surface area (Å²) in [6.07, 6.45) is 0.0888. The van der Waals surface area contributed by atoms with Crippen LogP contribution in [0.3, 0.4) is 0 Å². The van der Waals surface area contributed by atoms with Gasteiger partial charge in [-0.15, -0.1) is 11.3 Å². The van der Waals surface area contributed by atoms with Crippen LogP contribution in [0.1, 0.15) is 15.4 Å². The summed E-state index contributed by atoms with van der Waals surface area (Å²) in [5.74, 6) is 0.0782. The summed E-state index contributed by atoms with van der Waals surface area (Å²) in [6.45, 7) is 4.56. The van der Waals surface area contributed by atoms with Crippen LogP contribution in [-0.2, 0) is 4.74 Å². The van der Waals surface area contributed by atoms with E-state index in [9.17, 15) is 4.79 Å². The fourth-order valence-corrected chi connectivity index (χ4v) is 2.68. The largest absolute Gasteiger partial charge is 0.373 e. The van der Waals surface area contributed by atoms with E-state index in [2.05, 4.69) is 10.3 Å². The summed E-state index contributed by atoms with van der Waals surface area (Å²) < 4.78 is 5.58.